The highest BCUT2D eigenvalue weighted by Gasteiger charge is 2.28. The van der Waals surface area contributed by atoms with Crippen molar-refractivity contribution >= 4 is 10.0 Å². The number of nitrogens with one attached hydrogen (secondary N) is 1. The maximum atomic E-state index is 12.1. The van der Waals surface area contributed by atoms with E-state index in [1.54, 1.807) is 24.3 Å². The fourth-order valence-corrected chi connectivity index (χ4v) is 3.01. The van der Waals surface area contributed by atoms with E-state index >= 15 is 0 Å². The SMILES string of the molecule is Cc1cccc(S(=O)(=O)NCC(C)(O)c2ccco2)c1. The van der Waals surface area contributed by atoms with Crippen LogP contribution in [-0.4, -0.2) is 20.1 Å². The van der Waals surface area contributed by atoms with E-state index in [1.807, 2.05) is 13.0 Å². The highest BCUT2D eigenvalue weighted by molar-refractivity contribution is 7.89. The van der Waals surface area contributed by atoms with Crippen LogP contribution < -0.4 is 4.72 Å². The molecule has 0 amide bonds. The number of rotatable bonds is 5. The molecule has 0 fully saturated rings. The number of aryl methyl sites for hydroxylation is 1. The van der Waals surface area contributed by atoms with Crippen LogP contribution in [0.1, 0.15) is 18.2 Å². The van der Waals surface area contributed by atoms with Gasteiger partial charge >= 0.3 is 0 Å². The predicted molar refractivity (Wildman–Crippen MR) is 74.6 cm³/mol. The van der Waals surface area contributed by atoms with E-state index in [4.69, 9.17) is 4.42 Å². The summed E-state index contributed by atoms with van der Waals surface area (Å²) >= 11 is 0. The first-order valence-electron chi connectivity index (χ1n) is 6.14. The van der Waals surface area contributed by atoms with E-state index in [-0.39, 0.29) is 11.4 Å². The van der Waals surface area contributed by atoms with Crippen molar-refractivity contribution in [2.24, 2.45) is 0 Å². The summed E-state index contributed by atoms with van der Waals surface area (Å²) in [4.78, 5) is 0.174. The molecule has 0 aliphatic carbocycles. The minimum Gasteiger partial charge on any atom is -0.466 e. The molecular weight excluding hydrogens is 278 g/mol. The highest BCUT2D eigenvalue weighted by Crippen LogP contribution is 2.21. The molecule has 0 radical (unpaired) electrons. The summed E-state index contributed by atoms with van der Waals surface area (Å²) in [6.07, 6.45) is 1.43. The zero-order valence-corrected chi connectivity index (χ0v) is 12.1. The lowest BCUT2D eigenvalue weighted by atomic mass is 10.1. The van der Waals surface area contributed by atoms with Gasteiger partial charge in [0, 0.05) is 6.54 Å². The summed E-state index contributed by atoms with van der Waals surface area (Å²) in [5, 5.41) is 10.2. The van der Waals surface area contributed by atoms with Gasteiger partial charge in [-0.05, 0) is 43.7 Å². The van der Waals surface area contributed by atoms with E-state index in [2.05, 4.69) is 4.72 Å². The molecule has 6 heteroatoms. The Bertz CT molecular complexity index is 675. The molecule has 2 rings (SSSR count). The fourth-order valence-electron chi connectivity index (χ4n) is 1.77. The molecular formula is C14H17NO4S. The molecule has 2 aromatic rings. The highest BCUT2D eigenvalue weighted by atomic mass is 32.2. The molecule has 0 spiro atoms. The standard InChI is InChI=1S/C14H17NO4S/c1-11-5-3-6-12(9-11)20(17,18)15-10-14(2,16)13-7-4-8-19-13/h3-9,15-16H,10H2,1-2H3. The second-order valence-electron chi connectivity index (χ2n) is 4.89. The van der Waals surface area contributed by atoms with E-state index in [1.165, 1.54) is 19.3 Å². The summed E-state index contributed by atoms with van der Waals surface area (Å²) in [6.45, 7) is 3.14. The van der Waals surface area contributed by atoms with Gasteiger partial charge in [0.25, 0.3) is 0 Å². The molecule has 1 aromatic carbocycles. The second kappa shape index (κ2) is 5.40. The summed E-state index contributed by atoms with van der Waals surface area (Å²) in [5.41, 5.74) is -0.550. The van der Waals surface area contributed by atoms with Crippen molar-refractivity contribution in [1.82, 2.24) is 4.72 Å². The average molecular weight is 295 g/mol. The van der Waals surface area contributed by atoms with Crippen LogP contribution in [0.25, 0.3) is 0 Å². The largest absolute Gasteiger partial charge is 0.466 e. The van der Waals surface area contributed by atoms with Crippen LogP contribution in [-0.2, 0) is 15.6 Å². The first-order chi connectivity index (χ1) is 9.31. The van der Waals surface area contributed by atoms with Crippen molar-refractivity contribution in [3.8, 4) is 0 Å². The first kappa shape index (κ1) is 14.8. The molecule has 0 saturated carbocycles. The van der Waals surface area contributed by atoms with Crippen molar-refractivity contribution in [3.63, 3.8) is 0 Å². The van der Waals surface area contributed by atoms with Crippen molar-refractivity contribution in [2.45, 2.75) is 24.3 Å². The van der Waals surface area contributed by atoms with Gasteiger partial charge in [-0.2, -0.15) is 0 Å². The van der Waals surface area contributed by atoms with Crippen molar-refractivity contribution < 1.29 is 17.9 Å². The van der Waals surface area contributed by atoms with Crippen LogP contribution in [0.5, 0.6) is 0 Å². The molecule has 0 saturated heterocycles. The Morgan fingerprint density at radius 1 is 1.30 bits per heavy atom. The smallest absolute Gasteiger partial charge is 0.240 e. The summed E-state index contributed by atoms with van der Waals surface area (Å²) in [5.74, 6) is 0.310. The maximum Gasteiger partial charge on any atom is 0.240 e. The van der Waals surface area contributed by atoms with Crippen LogP contribution in [0.3, 0.4) is 0 Å². The Labute approximate surface area is 118 Å². The average Bonchev–Trinajstić information content (AvgIpc) is 2.91. The van der Waals surface area contributed by atoms with Crippen molar-refractivity contribution in [3.05, 3.63) is 54.0 Å². The third-order valence-corrected chi connectivity index (χ3v) is 4.36. The van der Waals surface area contributed by atoms with Gasteiger partial charge in [-0.15, -0.1) is 0 Å². The molecule has 20 heavy (non-hydrogen) atoms. The summed E-state index contributed by atoms with van der Waals surface area (Å²) in [6, 6.07) is 9.81. The maximum absolute atomic E-state index is 12.1. The van der Waals surface area contributed by atoms with Gasteiger partial charge in [-0.1, -0.05) is 12.1 Å². The number of hydrogen-bond acceptors (Lipinski definition) is 4. The van der Waals surface area contributed by atoms with Crippen LogP contribution in [0.4, 0.5) is 0 Å². The Hall–Kier alpha value is -1.63. The minimum atomic E-state index is -3.66. The minimum absolute atomic E-state index is 0.170. The molecule has 5 nitrogen and oxygen atoms in total. The third-order valence-electron chi connectivity index (χ3n) is 2.96. The lowest BCUT2D eigenvalue weighted by Crippen LogP contribution is -2.38. The van der Waals surface area contributed by atoms with Gasteiger partial charge in [0.15, 0.2) is 0 Å². The lowest BCUT2D eigenvalue weighted by Gasteiger charge is -2.21. The number of benzene rings is 1. The molecule has 108 valence electrons. The van der Waals surface area contributed by atoms with Crippen molar-refractivity contribution in [2.75, 3.05) is 6.54 Å². The van der Waals surface area contributed by atoms with Crippen molar-refractivity contribution in [1.29, 1.82) is 0 Å². The van der Waals surface area contributed by atoms with E-state index < -0.39 is 15.6 Å². The molecule has 1 unspecified atom stereocenters. The fraction of sp³-hybridized carbons (Fsp3) is 0.286. The summed E-state index contributed by atoms with van der Waals surface area (Å²) < 4.78 is 31.8. The number of aliphatic hydroxyl groups is 1. The molecule has 1 aromatic heterocycles. The molecule has 2 N–H and O–H groups in total. The monoisotopic (exact) mass is 295 g/mol. The van der Waals surface area contributed by atoms with Gasteiger partial charge in [0.1, 0.15) is 11.4 Å². The normalized spacial score (nSPS) is 14.9. The number of furan rings is 1. The summed E-state index contributed by atoms with van der Waals surface area (Å²) in [7, 11) is -3.66. The van der Waals surface area contributed by atoms with E-state index in [0.29, 0.717) is 5.76 Å². The predicted octanol–water partition coefficient (Wildman–Crippen LogP) is 1.77. The second-order valence-corrected chi connectivity index (χ2v) is 6.66. The Morgan fingerprint density at radius 3 is 2.65 bits per heavy atom. The molecule has 1 heterocycles. The van der Waals surface area contributed by atoms with Crippen LogP contribution in [0.2, 0.25) is 0 Å². The Kier molecular flexibility index (Phi) is 3.99. The van der Waals surface area contributed by atoms with Crippen LogP contribution in [0.15, 0.2) is 52.0 Å². The zero-order valence-electron chi connectivity index (χ0n) is 11.3. The molecule has 0 aliphatic heterocycles. The van der Waals surface area contributed by atoms with Crippen LogP contribution in [0, 0.1) is 6.92 Å². The molecule has 0 aliphatic rings. The first-order valence-corrected chi connectivity index (χ1v) is 7.62. The Morgan fingerprint density at radius 2 is 2.05 bits per heavy atom. The quantitative estimate of drug-likeness (QED) is 0.881. The lowest BCUT2D eigenvalue weighted by molar-refractivity contribution is 0.0395. The van der Waals surface area contributed by atoms with Gasteiger partial charge < -0.3 is 9.52 Å². The topological polar surface area (TPSA) is 79.5 Å². The van der Waals surface area contributed by atoms with Crippen LogP contribution >= 0.6 is 0 Å². The number of sulfonamides is 1. The van der Waals surface area contributed by atoms with E-state index in [0.717, 1.165) is 5.56 Å². The molecule has 0 bridgehead atoms. The van der Waals surface area contributed by atoms with E-state index in [9.17, 15) is 13.5 Å². The number of hydrogen-bond donors (Lipinski definition) is 2. The Balaban J connectivity index is 2.14. The molecule has 1 atom stereocenters. The van der Waals surface area contributed by atoms with Gasteiger partial charge in [0.2, 0.25) is 10.0 Å². The van der Waals surface area contributed by atoms with Gasteiger partial charge in [-0.3, -0.25) is 0 Å². The van der Waals surface area contributed by atoms with Gasteiger partial charge in [-0.25, -0.2) is 13.1 Å². The zero-order chi connectivity index (χ0) is 14.8. The van der Waals surface area contributed by atoms with Gasteiger partial charge in [0.05, 0.1) is 11.2 Å². The third kappa shape index (κ3) is 3.27.